The number of nitrogens with one attached hydrogen (secondary N) is 1. The van der Waals surface area contributed by atoms with E-state index in [-0.39, 0.29) is 6.04 Å². The van der Waals surface area contributed by atoms with Gasteiger partial charge in [0.1, 0.15) is 17.4 Å². The van der Waals surface area contributed by atoms with E-state index >= 15 is 0 Å². The number of anilines is 2. The van der Waals surface area contributed by atoms with Crippen LogP contribution in [0.2, 0.25) is 0 Å². The van der Waals surface area contributed by atoms with Crippen LogP contribution in [0.1, 0.15) is 13.8 Å². The Morgan fingerprint density at radius 2 is 1.81 bits per heavy atom. The second kappa shape index (κ2) is 5.36. The summed E-state index contributed by atoms with van der Waals surface area (Å²) in [7, 11) is 0. The molecule has 5 nitrogen and oxygen atoms in total. The molecule has 3 aromatic rings. The molecule has 0 amide bonds. The number of nitrogen functional groups attached to an aromatic ring is 1. The van der Waals surface area contributed by atoms with Crippen LogP contribution >= 0.6 is 0 Å². The predicted molar refractivity (Wildman–Crippen MR) is 85.9 cm³/mol. The Labute approximate surface area is 123 Å². The lowest BCUT2D eigenvalue weighted by atomic mass is 10.1. The Balaban J connectivity index is 2.25. The van der Waals surface area contributed by atoms with Crippen molar-refractivity contribution < 1.29 is 0 Å². The molecule has 2 aromatic heterocycles. The number of nitrogens with zero attached hydrogens (tertiary/aromatic N) is 3. The highest BCUT2D eigenvalue weighted by molar-refractivity contribution is 5.95. The van der Waals surface area contributed by atoms with Crippen LogP contribution in [-0.2, 0) is 0 Å². The van der Waals surface area contributed by atoms with Gasteiger partial charge in [-0.3, -0.25) is 0 Å². The maximum Gasteiger partial charge on any atom is 0.153 e. The van der Waals surface area contributed by atoms with Crippen molar-refractivity contribution in [2.45, 2.75) is 19.9 Å². The smallest absolute Gasteiger partial charge is 0.153 e. The highest BCUT2D eigenvalue weighted by Crippen LogP contribution is 2.29. The van der Waals surface area contributed by atoms with Crippen LogP contribution in [0.4, 0.5) is 11.5 Å². The summed E-state index contributed by atoms with van der Waals surface area (Å²) in [4.78, 5) is 13.0. The van der Waals surface area contributed by atoms with Gasteiger partial charge in [0.25, 0.3) is 0 Å². The van der Waals surface area contributed by atoms with Gasteiger partial charge in [-0.2, -0.15) is 0 Å². The monoisotopic (exact) mass is 279 g/mol. The second-order valence-corrected chi connectivity index (χ2v) is 5.18. The number of benzene rings is 1. The highest BCUT2D eigenvalue weighted by Gasteiger charge is 2.12. The number of aromatic nitrogens is 3. The molecule has 1 aromatic carbocycles. The van der Waals surface area contributed by atoms with Crippen molar-refractivity contribution in [2.24, 2.45) is 0 Å². The minimum atomic E-state index is 0.287. The van der Waals surface area contributed by atoms with Crippen LogP contribution in [0.15, 0.2) is 42.7 Å². The maximum atomic E-state index is 5.96. The maximum absolute atomic E-state index is 5.96. The molecule has 0 bridgehead atoms. The van der Waals surface area contributed by atoms with Crippen LogP contribution in [0.25, 0.3) is 22.3 Å². The van der Waals surface area contributed by atoms with Crippen LogP contribution in [0.5, 0.6) is 0 Å². The van der Waals surface area contributed by atoms with Crippen molar-refractivity contribution in [1.29, 1.82) is 0 Å². The van der Waals surface area contributed by atoms with Crippen molar-refractivity contribution in [3.05, 3.63) is 42.7 Å². The Morgan fingerprint density at radius 1 is 1.05 bits per heavy atom. The number of nitrogens with two attached hydrogens (primary N) is 1. The zero-order valence-corrected chi connectivity index (χ0v) is 12.0. The van der Waals surface area contributed by atoms with E-state index in [2.05, 4.69) is 34.1 Å². The first kappa shape index (κ1) is 13.3. The van der Waals surface area contributed by atoms with Gasteiger partial charge in [0.2, 0.25) is 0 Å². The predicted octanol–water partition coefficient (Wildman–Crippen LogP) is 3.09. The van der Waals surface area contributed by atoms with E-state index in [9.17, 15) is 0 Å². The van der Waals surface area contributed by atoms with Crippen molar-refractivity contribution in [1.82, 2.24) is 15.0 Å². The van der Waals surface area contributed by atoms with Gasteiger partial charge in [-0.15, -0.1) is 0 Å². The molecule has 0 saturated heterocycles. The molecule has 5 heteroatoms. The van der Waals surface area contributed by atoms with Crippen LogP contribution in [-0.4, -0.2) is 21.0 Å². The Bertz CT molecular complexity index is 768. The van der Waals surface area contributed by atoms with E-state index in [1.165, 1.54) is 6.33 Å². The lowest BCUT2D eigenvalue weighted by Gasteiger charge is -2.14. The molecule has 0 saturated carbocycles. The van der Waals surface area contributed by atoms with Crippen molar-refractivity contribution in [2.75, 3.05) is 11.1 Å². The molecule has 0 atom stereocenters. The van der Waals surface area contributed by atoms with E-state index in [1.807, 2.05) is 36.4 Å². The molecule has 3 N–H and O–H groups in total. The van der Waals surface area contributed by atoms with Gasteiger partial charge in [0.05, 0.1) is 11.4 Å². The molecule has 0 aliphatic rings. The zero-order chi connectivity index (χ0) is 14.8. The standard InChI is InChI=1S/C16H17N5/c1-10(2)20-13-8-12(11-6-4-3-5-7-11)21-15-14(13)18-9-19-16(15)17/h3-10H,1-2H3,(H,20,21)(H2,17,18,19). The molecule has 0 radical (unpaired) electrons. The summed E-state index contributed by atoms with van der Waals surface area (Å²) in [6, 6.07) is 12.3. The van der Waals surface area contributed by atoms with Crippen LogP contribution in [0, 0.1) is 0 Å². The van der Waals surface area contributed by atoms with Gasteiger partial charge in [-0.1, -0.05) is 30.3 Å². The van der Waals surface area contributed by atoms with Gasteiger partial charge in [-0.25, -0.2) is 15.0 Å². The third kappa shape index (κ3) is 2.63. The zero-order valence-electron chi connectivity index (χ0n) is 12.0. The Hall–Kier alpha value is -2.69. The second-order valence-electron chi connectivity index (χ2n) is 5.18. The van der Waals surface area contributed by atoms with Gasteiger partial charge in [-0.05, 0) is 19.9 Å². The third-order valence-electron chi connectivity index (χ3n) is 3.13. The number of hydrogen-bond donors (Lipinski definition) is 2. The van der Waals surface area contributed by atoms with Gasteiger partial charge < -0.3 is 11.1 Å². The normalized spacial score (nSPS) is 11.0. The van der Waals surface area contributed by atoms with Gasteiger partial charge in [0.15, 0.2) is 5.82 Å². The Morgan fingerprint density at radius 3 is 2.52 bits per heavy atom. The minimum Gasteiger partial charge on any atom is -0.382 e. The average Bonchev–Trinajstić information content (AvgIpc) is 2.48. The van der Waals surface area contributed by atoms with Crippen molar-refractivity contribution in [3.8, 4) is 11.3 Å². The van der Waals surface area contributed by atoms with E-state index in [0.717, 1.165) is 22.5 Å². The minimum absolute atomic E-state index is 0.287. The number of fused-ring (bicyclic) bond motifs is 1. The molecule has 2 heterocycles. The number of pyridine rings is 1. The van der Waals surface area contributed by atoms with Crippen molar-refractivity contribution >= 4 is 22.5 Å². The summed E-state index contributed by atoms with van der Waals surface area (Å²) in [5.74, 6) is 0.393. The summed E-state index contributed by atoms with van der Waals surface area (Å²) < 4.78 is 0. The molecule has 21 heavy (non-hydrogen) atoms. The largest absolute Gasteiger partial charge is 0.382 e. The molecule has 0 aliphatic carbocycles. The molecule has 0 fully saturated rings. The molecule has 106 valence electrons. The summed E-state index contributed by atoms with van der Waals surface area (Å²) in [5.41, 5.74) is 10.1. The van der Waals surface area contributed by atoms with E-state index < -0.39 is 0 Å². The number of hydrogen-bond acceptors (Lipinski definition) is 5. The van der Waals surface area contributed by atoms with Crippen LogP contribution < -0.4 is 11.1 Å². The van der Waals surface area contributed by atoms with E-state index in [1.54, 1.807) is 0 Å². The molecular weight excluding hydrogens is 262 g/mol. The van der Waals surface area contributed by atoms with E-state index in [0.29, 0.717) is 11.3 Å². The lowest BCUT2D eigenvalue weighted by Crippen LogP contribution is -2.11. The summed E-state index contributed by atoms with van der Waals surface area (Å²) in [6.07, 6.45) is 1.47. The summed E-state index contributed by atoms with van der Waals surface area (Å²) in [5, 5.41) is 3.40. The number of rotatable bonds is 3. The lowest BCUT2D eigenvalue weighted by molar-refractivity contribution is 0.900. The fourth-order valence-electron chi connectivity index (χ4n) is 2.24. The summed E-state index contributed by atoms with van der Waals surface area (Å²) in [6.45, 7) is 4.16. The Kier molecular flexibility index (Phi) is 3.39. The molecular formula is C16H17N5. The average molecular weight is 279 g/mol. The summed E-state index contributed by atoms with van der Waals surface area (Å²) >= 11 is 0. The van der Waals surface area contributed by atoms with E-state index in [4.69, 9.17) is 5.73 Å². The first-order valence-corrected chi connectivity index (χ1v) is 6.88. The molecule has 0 spiro atoms. The SMILES string of the molecule is CC(C)Nc1cc(-c2ccccc2)nc2c(N)ncnc12. The first-order valence-electron chi connectivity index (χ1n) is 6.88. The molecule has 3 rings (SSSR count). The fourth-order valence-corrected chi connectivity index (χ4v) is 2.24. The topological polar surface area (TPSA) is 76.7 Å². The highest BCUT2D eigenvalue weighted by atomic mass is 15.0. The van der Waals surface area contributed by atoms with Gasteiger partial charge >= 0.3 is 0 Å². The fraction of sp³-hybridized carbons (Fsp3) is 0.188. The van der Waals surface area contributed by atoms with Crippen molar-refractivity contribution in [3.63, 3.8) is 0 Å². The van der Waals surface area contributed by atoms with Gasteiger partial charge in [0, 0.05) is 11.6 Å². The molecule has 0 aliphatic heterocycles. The third-order valence-corrected chi connectivity index (χ3v) is 3.13. The molecule has 0 unspecified atom stereocenters. The van der Waals surface area contributed by atoms with Crippen LogP contribution in [0.3, 0.4) is 0 Å². The first-order chi connectivity index (χ1) is 10.1. The quantitative estimate of drug-likeness (QED) is 0.770.